The van der Waals surface area contributed by atoms with E-state index in [0.717, 1.165) is 23.9 Å². The Morgan fingerprint density at radius 2 is 1.90 bits per heavy atom. The number of nitrogens with one attached hydrogen (secondary N) is 1. The van der Waals surface area contributed by atoms with Crippen molar-refractivity contribution in [2.24, 2.45) is 11.8 Å². The summed E-state index contributed by atoms with van der Waals surface area (Å²) in [5, 5.41) is 3.37. The van der Waals surface area contributed by atoms with Crippen LogP contribution in [0.4, 0.5) is 8.78 Å². The summed E-state index contributed by atoms with van der Waals surface area (Å²) in [4.78, 5) is 0. The summed E-state index contributed by atoms with van der Waals surface area (Å²) in [5.74, 6) is 1.84. The van der Waals surface area contributed by atoms with Gasteiger partial charge in [-0.05, 0) is 37.3 Å². The van der Waals surface area contributed by atoms with Gasteiger partial charge in [0.1, 0.15) is 5.75 Å². The molecule has 0 atom stereocenters. The summed E-state index contributed by atoms with van der Waals surface area (Å²) in [6, 6.07) is 6.97. The van der Waals surface area contributed by atoms with Crippen molar-refractivity contribution in [3.05, 3.63) is 29.8 Å². The monoisotopic (exact) mass is 283 g/mol. The van der Waals surface area contributed by atoms with Crippen molar-refractivity contribution >= 4 is 0 Å². The summed E-state index contributed by atoms with van der Waals surface area (Å²) in [6.07, 6.45) is 5.14. The second kappa shape index (κ2) is 7.58. The maximum atomic E-state index is 12.3. The number of hydrogen-bond donors (Lipinski definition) is 1. The van der Waals surface area contributed by atoms with Crippen molar-refractivity contribution < 1.29 is 13.5 Å². The van der Waals surface area contributed by atoms with Crippen LogP contribution in [0.3, 0.4) is 0 Å². The van der Waals surface area contributed by atoms with Crippen molar-refractivity contribution in [2.45, 2.75) is 45.8 Å². The van der Waals surface area contributed by atoms with E-state index < -0.39 is 6.61 Å². The fraction of sp³-hybridized carbons (Fsp3) is 0.625. The molecule has 2 nitrogen and oxygen atoms in total. The smallest absolute Gasteiger partial charge is 0.387 e. The minimum absolute atomic E-state index is 0.271. The van der Waals surface area contributed by atoms with Crippen molar-refractivity contribution in [1.82, 2.24) is 5.32 Å². The highest BCUT2D eigenvalue weighted by Crippen LogP contribution is 2.28. The van der Waals surface area contributed by atoms with Crippen LogP contribution in [0.25, 0.3) is 0 Å². The lowest BCUT2D eigenvalue weighted by molar-refractivity contribution is -0.0505. The maximum absolute atomic E-state index is 12.3. The number of alkyl halides is 2. The fourth-order valence-electron chi connectivity index (χ4n) is 2.81. The Kier molecular flexibility index (Phi) is 5.77. The highest BCUT2D eigenvalue weighted by molar-refractivity contribution is 5.33. The van der Waals surface area contributed by atoms with E-state index in [1.165, 1.54) is 25.7 Å². The molecule has 20 heavy (non-hydrogen) atoms. The lowest BCUT2D eigenvalue weighted by Crippen LogP contribution is -2.26. The molecule has 0 saturated heterocycles. The van der Waals surface area contributed by atoms with Crippen LogP contribution < -0.4 is 10.1 Å². The Hall–Kier alpha value is -1.16. The van der Waals surface area contributed by atoms with E-state index in [2.05, 4.69) is 17.0 Å². The predicted molar refractivity (Wildman–Crippen MR) is 75.9 cm³/mol. The van der Waals surface area contributed by atoms with Gasteiger partial charge in [0.15, 0.2) is 0 Å². The van der Waals surface area contributed by atoms with Gasteiger partial charge in [-0.1, -0.05) is 38.0 Å². The van der Waals surface area contributed by atoms with E-state index in [0.29, 0.717) is 6.54 Å². The van der Waals surface area contributed by atoms with Crippen LogP contribution in [-0.4, -0.2) is 13.2 Å². The van der Waals surface area contributed by atoms with Crippen LogP contribution in [-0.2, 0) is 6.54 Å². The molecule has 0 aromatic heterocycles. The number of ether oxygens (including phenoxy) is 1. The third kappa shape index (κ3) is 4.75. The lowest BCUT2D eigenvalue weighted by Gasteiger charge is -2.26. The first-order chi connectivity index (χ1) is 9.65. The molecule has 0 bridgehead atoms. The largest absolute Gasteiger partial charge is 0.434 e. The first-order valence-corrected chi connectivity index (χ1v) is 7.38. The lowest BCUT2D eigenvalue weighted by atomic mass is 9.83. The summed E-state index contributed by atoms with van der Waals surface area (Å²) in [5.41, 5.74) is 0.789. The molecule has 0 radical (unpaired) electrons. The van der Waals surface area contributed by atoms with Gasteiger partial charge in [-0.25, -0.2) is 0 Å². The SMILES string of the molecule is CC1CCC(CNCc2ccccc2OC(F)F)CC1. The molecule has 1 aliphatic rings. The van der Waals surface area contributed by atoms with Gasteiger partial charge >= 0.3 is 6.61 Å². The zero-order valence-electron chi connectivity index (χ0n) is 11.9. The standard InChI is InChI=1S/C16H23F2NO/c1-12-6-8-13(9-7-12)10-19-11-14-4-2-3-5-15(14)20-16(17)18/h2-5,12-13,16,19H,6-11H2,1H3. The van der Waals surface area contributed by atoms with Crippen LogP contribution in [0.5, 0.6) is 5.75 Å². The van der Waals surface area contributed by atoms with Gasteiger partial charge in [-0.3, -0.25) is 0 Å². The van der Waals surface area contributed by atoms with Crippen molar-refractivity contribution in [2.75, 3.05) is 6.54 Å². The number of halogens is 2. The van der Waals surface area contributed by atoms with Crippen molar-refractivity contribution in [1.29, 1.82) is 0 Å². The van der Waals surface area contributed by atoms with Crippen molar-refractivity contribution in [3.8, 4) is 5.75 Å². The second-order valence-electron chi connectivity index (χ2n) is 5.74. The summed E-state index contributed by atoms with van der Waals surface area (Å²) in [7, 11) is 0. The molecule has 0 unspecified atom stereocenters. The number of rotatable bonds is 6. The molecule has 0 spiro atoms. The van der Waals surface area contributed by atoms with Gasteiger partial charge in [-0.15, -0.1) is 0 Å². The van der Waals surface area contributed by atoms with Gasteiger partial charge in [0.05, 0.1) is 0 Å². The fourth-order valence-corrected chi connectivity index (χ4v) is 2.81. The molecule has 1 N–H and O–H groups in total. The van der Waals surface area contributed by atoms with Crippen LogP contribution in [0, 0.1) is 11.8 Å². The predicted octanol–water partition coefficient (Wildman–Crippen LogP) is 4.20. The average Bonchev–Trinajstić information content (AvgIpc) is 2.42. The Morgan fingerprint density at radius 1 is 1.20 bits per heavy atom. The van der Waals surface area contributed by atoms with Gasteiger partial charge in [0.2, 0.25) is 0 Å². The minimum Gasteiger partial charge on any atom is -0.434 e. The molecule has 112 valence electrons. The van der Waals surface area contributed by atoms with E-state index in [4.69, 9.17) is 0 Å². The minimum atomic E-state index is -2.77. The Morgan fingerprint density at radius 3 is 2.60 bits per heavy atom. The quantitative estimate of drug-likeness (QED) is 0.844. The molecule has 0 aliphatic heterocycles. The number of hydrogen-bond acceptors (Lipinski definition) is 2. The van der Waals surface area contributed by atoms with E-state index in [1.54, 1.807) is 12.1 Å². The first kappa shape index (κ1) is 15.2. The molecule has 1 aliphatic carbocycles. The molecule has 1 fully saturated rings. The Bertz CT molecular complexity index is 403. The van der Waals surface area contributed by atoms with Gasteiger partial charge < -0.3 is 10.1 Å². The molecule has 1 aromatic rings. The molecular formula is C16H23F2NO. The third-order valence-corrected chi connectivity index (χ3v) is 4.07. The highest BCUT2D eigenvalue weighted by atomic mass is 19.3. The van der Waals surface area contributed by atoms with Crippen LogP contribution >= 0.6 is 0 Å². The molecule has 0 amide bonds. The molecule has 4 heteroatoms. The number of para-hydroxylation sites is 1. The number of benzene rings is 1. The van der Waals surface area contributed by atoms with E-state index in [1.807, 2.05) is 12.1 Å². The third-order valence-electron chi connectivity index (χ3n) is 4.07. The second-order valence-corrected chi connectivity index (χ2v) is 5.74. The van der Waals surface area contributed by atoms with Gasteiger partial charge in [-0.2, -0.15) is 8.78 Å². The molecule has 1 aromatic carbocycles. The molecule has 0 heterocycles. The van der Waals surface area contributed by atoms with E-state index in [9.17, 15) is 8.78 Å². The summed E-state index contributed by atoms with van der Waals surface area (Å²) >= 11 is 0. The normalized spacial score (nSPS) is 23.0. The highest BCUT2D eigenvalue weighted by Gasteiger charge is 2.17. The Labute approximate surface area is 119 Å². The first-order valence-electron chi connectivity index (χ1n) is 7.38. The molecule has 1 saturated carbocycles. The van der Waals surface area contributed by atoms with Gasteiger partial charge in [0, 0.05) is 12.1 Å². The van der Waals surface area contributed by atoms with Crippen LogP contribution in [0.1, 0.15) is 38.2 Å². The Balaban J connectivity index is 1.79. The zero-order chi connectivity index (χ0) is 14.4. The van der Waals surface area contributed by atoms with Crippen molar-refractivity contribution in [3.63, 3.8) is 0 Å². The zero-order valence-corrected chi connectivity index (χ0v) is 11.9. The van der Waals surface area contributed by atoms with Gasteiger partial charge in [0.25, 0.3) is 0 Å². The average molecular weight is 283 g/mol. The summed E-state index contributed by atoms with van der Waals surface area (Å²) in [6.45, 7) is 1.07. The molecule has 2 rings (SSSR count). The topological polar surface area (TPSA) is 21.3 Å². The summed E-state index contributed by atoms with van der Waals surface area (Å²) < 4.78 is 29.1. The van der Waals surface area contributed by atoms with E-state index >= 15 is 0 Å². The maximum Gasteiger partial charge on any atom is 0.387 e. The molecular weight excluding hydrogens is 260 g/mol. The van der Waals surface area contributed by atoms with Crippen LogP contribution in [0.15, 0.2) is 24.3 Å². The van der Waals surface area contributed by atoms with Crippen LogP contribution in [0.2, 0.25) is 0 Å². The van der Waals surface area contributed by atoms with E-state index in [-0.39, 0.29) is 5.75 Å².